The number of halogens is 2. The zero-order valence-corrected chi connectivity index (χ0v) is 14.5. The van der Waals surface area contributed by atoms with Crippen LogP contribution < -0.4 is 10.6 Å². The van der Waals surface area contributed by atoms with Crippen molar-refractivity contribution in [2.75, 3.05) is 36.9 Å². The molecule has 21 heavy (non-hydrogen) atoms. The van der Waals surface area contributed by atoms with Gasteiger partial charge in [-0.1, -0.05) is 44.0 Å². The maximum atomic E-state index is 6.15. The Morgan fingerprint density at radius 2 is 1.76 bits per heavy atom. The summed E-state index contributed by atoms with van der Waals surface area (Å²) in [5.41, 5.74) is 0. The second kappa shape index (κ2) is 10.1. The lowest BCUT2D eigenvalue weighted by atomic mass is 10.2. The first-order chi connectivity index (χ1) is 10.0. The van der Waals surface area contributed by atoms with Gasteiger partial charge in [0.05, 0.1) is 10.0 Å². The Labute approximate surface area is 137 Å². The van der Waals surface area contributed by atoms with Crippen LogP contribution in [0.1, 0.15) is 33.6 Å². The number of ether oxygens (including phenoxy) is 1. The van der Waals surface area contributed by atoms with Crippen LogP contribution in [0.4, 0.5) is 11.6 Å². The van der Waals surface area contributed by atoms with E-state index in [1.165, 1.54) is 0 Å². The van der Waals surface area contributed by atoms with Crippen LogP contribution in [0, 0.1) is 5.92 Å². The summed E-state index contributed by atoms with van der Waals surface area (Å²) in [5.74, 6) is 1.89. The van der Waals surface area contributed by atoms with E-state index in [4.69, 9.17) is 27.9 Å². The van der Waals surface area contributed by atoms with Crippen molar-refractivity contribution in [2.24, 2.45) is 5.92 Å². The van der Waals surface area contributed by atoms with Crippen molar-refractivity contribution in [3.8, 4) is 0 Å². The van der Waals surface area contributed by atoms with Gasteiger partial charge in [-0.25, -0.2) is 4.98 Å². The number of rotatable bonds is 10. The molecule has 0 bridgehead atoms. The third-order valence-corrected chi connectivity index (χ3v) is 3.26. The molecule has 6 heteroatoms. The van der Waals surface area contributed by atoms with E-state index in [-0.39, 0.29) is 0 Å². The molecular weight excluding hydrogens is 309 g/mol. The molecule has 4 nitrogen and oxygen atoms in total. The van der Waals surface area contributed by atoms with Crippen molar-refractivity contribution in [3.63, 3.8) is 0 Å². The Balaban J connectivity index is 2.43. The molecule has 0 saturated heterocycles. The van der Waals surface area contributed by atoms with Crippen LogP contribution in [0.5, 0.6) is 0 Å². The Morgan fingerprint density at radius 1 is 1.14 bits per heavy atom. The fourth-order valence-corrected chi connectivity index (χ4v) is 2.15. The summed E-state index contributed by atoms with van der Waals surface area (Å²) in [6, 6.07) is 1.71. The maximum absolute atomic E-state index is 6.15. The van der Waals surface area contributed by atoms with Crippen molar-refractivity contribution in [2.45, 2.75) is 33.6 Å². The van der Waals surface area contributed by atoms with Gasteiger partial charge in [0, 0.05) is 26.3 Å². The molecule has 1 rings (SSSR count). The highest BCUT2D eigenvalue weighted by atomic mass is 35.5. The van der Waals surface area contributed by atoms with Gasteiger partial charge in [0.15, 0.2) is 0 Å². The maximum Gasteiger partial charge on any atom is 0.147 e. The minimum Gasteiger partial charge on any atom is -0.381 e. The molecule has 120 valence electrons. The van der Waals surface area contributed by atoms with Gasteiger partial charge >= 0.3 is 0 Å². The lowest BCUT2D eigenvalue weighted by molar-refractivity contribution is 0.110. The van der Waals surface area contributed by atoms with Crippen molar-refractivity contribution in [3.05, 3.63) is 16.1 Å². The molecular formula is C15H25Cl2N3O. The van der Waals surface area contributed by atoms with Gasteiger partial charge in [-0.05, 0) is 24.8 Å². The van der Waals surface area contributed by atoms with E-state index < -0.39 is 0 Å². The van der Waals surface area contributed by atoms with Crippen LogP contribution in [-0.4, -0.2) is 31.3 Å². The zero-order chi connectivity index (χ0) is 15.7. The van der Waals surface area contributed by atoms with E-state index in [1.807, 2.05) is 0 Å². The predicted octanol–water partition coefficient (Wildman–Crippen LogP) is 4.68. The molecule has 1 aromatic heterocycles. The number of pyridine rings is 1. The Bertz CT molecular complexity index is 428. The molecule has 0 aliphatic heterocycles. The minimum atomic E-state index is 0.533. The average Bonchev–Trinajstić information content (AvgIpc) is 2.43. The third kappa shape index (κ3) is 7.21. The normalized spacial score (nSPS) is 11.0. The number of nitrogens with zero attached hydrogens (tertiary/aromatic N) is 1. The van der Waals surface area contributed by atoms with Gasteiger partial charge in [-0.2, -0.15) is 0 Å². The summed E-state index contributed by atoms with van der Waals surface area (Å²) in [4.78, 5) is 4.43. The summed E-state index contributed by atoms with van der Waals surface area (Å²) in [6.07, 6.45) is 1.92. The Kier molecular flexibility index (Phi) is 8.81. The third-order valence-electron chi connectivity index (χ3n) is 2.68. The van der Waals surface area contributed by atoms with E-state index in [1.54, 1.807) is 6.07 Å². The molecule has 0 spiro atoms. The lowest BCUT2D eigenvalue weighted by Gasteiger charge is -2.12. The number of anilines is 2. The van der Waals surface area contributed by atoms with E-state index in [2.05, 4.69) is 36.4 Å². The first kappa shape index (κ1) is 18.3. The number of nitrogens with one attached hydrogen (secondary N) is 2. The molecule has 0 radical (unpaired) electrons. The predicted molar refractivity (Wildman–Crippen MR) is 91.8 cm³/mol. The van der Waals surface area contributed by atoms with Gasteiger partial charge in [-0.15, -0.1) is 0 Å². The van der Waals surface area contributed by atoms with Crippen LogP contribution in [0.15, 0.2) is 6.07 Å². The van der Waals surface area contributed by atoms with Gasteiger partial charge in [-0.3, -0.25) is 0 Å². The van der Waals surface area contributed by atoms with Crippen molar-refractivity contribution < 1.29 is 4.74 Å². The van der Waals surface area contributed by atoms with Crippen LogP contribution in [0.2, 0.25) is 10.0 Å². The van der Waals surface area contributed by atoms with E-state index in [0.29, 0.717) is 27.6 Å². The molecule has 0 atom stereocenters. The molecule has 0 unspecified atom stereocenters. The molecule has 0 amide bonds. The smallest absolute Gasteiger partial charge is 0.147 e. The minimum absolute atomic E-state index is 0.533. The van der Waals surface area contributed by atoms with Crippen molar-refractivity contribution in [1.82, 2.24) is 4.98 Å². The summed E-state index contributed by atoms with van der Waals surface area (Å²) in [6.45, 7) is 9.49. The van der Waals surface area contributed by atoms with Gasteiger partial charge in [0.25, 0.3) is 0 Å². The summed E-state index contributed by atoms with van der Waals surface area (Å²) in [7, 11) is 0. The van der Waals surface area contributed by atoms with Gasteiger partial charge < -0.3 is 15.4 Å². The molecule has 1 aromatic rings. The Hall–Kier alpha value is -0.710. The fourth-order valence-electron chi connectivity index (χ4n) is 1.66. The Morgan fingerprint density at radius 3 is 2.33 bits per heavy atom. The topological polar surface area (TPSA) is 46.2 Å². The quantitative estimate of drug-likeness (QED) is 0.610. The molecule has 0 aliphatic carbocycles. The van der Waals surface area contributed by atoms with Crippen LogP contribution in [0.3, 0.4) is 0 Å². The standard InChI is InChI=1S/C15H25Cl2N3O/c1-4-6-18-14-12(16)9-13(17)15(20-14)19-7-5-8-21-10-11(2)3/h9,11H,4-8,10H2,1-3H3,(H2,18,19,20). The van der Waals surface area contributed by atoms with Crippen molar-refractivity contribution >= 4 is 34.8 Å². The molecule has 0 aromatic carbocycles. The van der Waals surface area contributed by atoms with Crippen LogP contribution in [-0.2, 0) is 4.74 Å². The van der Waals surface area contributed by atoms with E-state index >= 15 is 0 Å². The van der Waals surface area contributed by atoms with Crippen LogP contribution in [0.25, 0.3) is 0 Å². The van der Waals surface area contributed by atoms with E-state index in [9.17, 15) is 0 Å². The molecule has 2 N–H and O–H groups in total. The number of hydrogen-bond donors (Lipinski definition) is 2. The lowest BCUT2D eigenvalue weighted by Crippen LogP contribution is -2.11. The second-order valence-corrected chi connectivity index (χ2v) is 6.14. The van der Waals surface area contributed by atoms with E-state index in [0.717, 1.165) is 39.1 Å². The van der Waals surface area contributed by atoms with Crippen molar-refractivity contribution in [1.29, 1.82) is 0 Å². The molecule has 0 aliphatic rings. The zero-order valence-electron chi connectivity index (χ0n) is 13.0. The molecule has 0 saturated carbocycles. The number of hydrogen-bond acceptors (Lipinski definition) is 4. The first-order valence-electron chi connectivity index (χ1n) is 7.46. The first-order valence-corrected chi connectivity index (χ1v) is 8.21. The average molecular weight is 334 g/mol. The van der Waals surface area contributed by atoms with Gasteiger partial charge in [0.2, 0.25) is 0 Å². The van der Waals surface area contributed by atoms with Gasteiger partial charge in [0.1, 0.15) is 11.6 Å². The van der Waals surface area contributed by atoms with Crippen LogP contribution >= 0.6 is 23.2 Å². The SMILES string of the molecule is CCCNc1nc(NCCCOCC(C)C)c(Cl)cc1Cl. The highest BCUT2D eigenvalue weighted by Crippen LogP contribution is 2.29. The highest BCUT2D eigenvalue weighted by Gasteiger charge is 2.08. The highest BCUT2D eigenvalue weighted by molar-refractivity contribution is 6.37. The fraction of sp³-hybridized carbons (Fsp3) is 0.667. The molecule has 0 fully saturated rings. The second-order valence-electron chi connectivity index (χ2n) is 5.33. The monoisotopic (exact) mass is 333 g/mol. The summed E-state index contributed by atoms with van der Waals surface area (Å²) >= 11 is 12.3. The largest absolute Gasteiger partial charge is 0.381 e. The summed E-state index contributed by atoms with van der Waals surface area (Å²) < 4.78 is 5.53. The molecule has 1 heterocycles. The summed E-state index contributed by atoms with van der Waals surface area (Å²) in [5, 5.41) is 7.48. The number of aromatic nitrogens is 1.